The predicted molar refractivity (Wildman–Crippen MR) is 97.1 cm³/mol. The van der Waals surface area contributed by atoms with Crippen LogP contribution in [0.4, 0.5) is 4.39 Å². The number of carboxylic acids is 1. The van der Waals surface area contributed by atoms with Gasteiger partial charge in [0.05, 0.1) is 18.6 Å². The second-order valence-electron chi connectivity index (χ2n) is 7.04. The van der Waals surface area contributed by atoms with Crippen molar-refractivity contribution >= 4 is 5.97 Å². The number of benzene rings is 2. The summed E-state index contributed by atoms with van der Waals surface area (Å²) in [6.45, 7) is 6.14. The fourth-order valence-electron chi connectivity index (χ4n) is 2.98. The van der Waals surface area contributed by atoms with Gasteiger partial charge >= 0.3 is 5.97 Å². The van der Waals surface area contributed by atoms with E-state index in [4.69, 9.17) is 14.6 Å². The van der Waals surface area contributed by atoms with Crippen LogP contribution in [0.3, 0.4) is 0 Å². The Balaban J connectivity index is 1.74. The van der Waals surface area contributed by atoms with Crippen molar-refractivity contribution in [2.24, 2.45) is 11.8 Å². The molecule has 1 saturated carbocycles. The molecule has 138 valence electrons. The monoisotopic (exact) mass is 358 g/mol. The molecule has 0 radical (unpaired) electrons. The molecule has 0 bridgehead atoms. The molecular formula is C21H23FO4. The molecule has 2 unspecified atom stereocenters. The fraction of sp³-hybridized carbons (Fsp3) is 0.381. The van der Waals surface area contributed by atoms with Gasteiger partial charge in [-0.15, -0.1) is 0 Å². The summed E-state index contributed by atoms with van der Waals surface area (Å²) in [4.78, 5) is 10.9. The van der Waals surface area contributed by atoms with Crippen LogP contribution in [0.25, 0.3) is 11.1 Å². The average molecular weight is 358 g/mol. The Morgan fingerprint density at radius 3 is 2.65 bits per heavy atom. The van der Waals surface area contributed by atoms with E-state index in [1.165, 1.54) is 6.07 Å². The summed E-state index contributed by atoms with van der Waals surface area (Å²) in [5.41, 5.74) is 2.10. The molecule has 2 atom stereocenters. The van der Waals surface area contributed by atoms with Gasteiger partial charge in [-0.25, -0.2) is 4.39 Å². The zero-order chi connectivity index (χ0) is 18.8. The number of aliphatic carboxylic acids is 1. The molecule has 5 heteroatoms. The zero-order valence-electron chi connectivity index (χ0n) is 15.2. The van der Waals surface area contributed by atoms with Crippen molar-refractivity contribution in [1.82, 2.24) is 0 Å². The third-order valence-electron chi connectivity index (χ3n) is 4.49. The molecule has 26 heavy (non-hydrogen) atoms. The Bertz CT molecular complexity index is 816. The van der Waals surface area contributed by atoms with Crippen LogP contribution in [-0.2, 0) is 4.79 Å². The van der Waals surface area contributed by atoms with Crippen molar-refractivity contribution in [2.45, 2.75) is 33.3 Å². The molecule has 1 N–H and O–H groups in total. The van der Waals surface area contributed by atoms with E-state index in [0.717, 1.165) is 11.1 Å². The Kier molecular flexibility index (Phi) is 5.16. The lowest BCUT2D eigenvalue weighted by Gasteiger charge is -2.13. The Morgan fingerprint density at radius 1 is 1.27 bits per heavy atom. The molecule has 0 amide bonds. The van der Waals surface area contributed by atoms with Gasteiger partial charge < -0.3 is 14.6 Å². The summed E-state index contributed by atoms with van der Waals surface area (Å²) in [5.74, 6) is 0.0463. The van der Waals surface area contributed by atoms with E-state index >= 15 is 0 Å². The molecule has 3 rings (SSSR count). The van der Waals surface area contributed by atoms with Gasteiger partial charge in [-0.2, -0.15) is 0 Å². The van der Waals surface area contributed by atoms with Crippen molar-refractivity contribution in [1.29, 1.82) is 0 Å². The molecule has 1 fully saturated rings. The summed E-state index contributed by atoms with van der Waals surface area (Å²) >= 11 is 0. The van der Waals surface area contributed by atoms with E-state index in [9.17, 15) is 9.18 Å². The highest BCUT2D eigenvalue weighted by atomic mass is 19.1. The maximum Gasteiger partial charge on any atom is 0.306 e. The third kappa shape index (κ3) is 4.15. The van der Waals surface area contributed by atoms with Gasteiger partial charge in [0.1, 0.15) is 17.3 Å². The van der Waals surface area contributed by atoms with Crippen LogP contribution in [0.2, 0.25) is 0 Å². The first-order valence-corrected chi connectivity index (χ1v) is 8.78. The van der Waals surface area contributed by atoms with E-state index < -0.39 is 5.97 Å². The molecule has 0 aliphatic heterocycles. The molecule has 0 heterocycles. The Labute approximate surface area is 152 Å². The first kappa shape index (κ1) is 18.2. The quantitative estimate of drug-likeness (QED) is 0.780. The number of carboxylic acid groups (broad SMARTS) is 1. The topological polar surface area (TPSA) is 55.8 Å². The second-order valence-corrected chi connectivity index (χ2v) is 7.04. The van der Waals surface area contributed by atoms with Crippen molar-refractivity contribution in [3.8, 4) is 22.6 Å². The van der Waals surface area contributed by atoms with E-state index in [1.807, 2.05) is 32.9 Å². The number of ether oxygens (including phenoxy) is 2. The normalized spacial score (nSPS) is 18.7. The molecule has 1 aliphatic rings. The first-order valence-electron chi connectivity index (χ1n) is 8.78. The number of aryl methyl sites for hydroxylation is 1. The van der Waals surface area contributed by atoms with E-state index in [1.54, 1.807) is 18.2 Å². The molecule has 1 aliphatic carbocycles. The van der Waals surface area contributed by atoms with Crippen LogP contribution >= 0.6 is 0 Å². The minimum Gasteiger partial charge on any atom is -0.493 e. The predicted octanol–water partition coefficient (Wildman–Crippen LogP) is 4.69. The average Bonchev–Trinajstić information content (AvgIpc) is 3.35. The van der Waals surface area contributed by atoms with Crippen molar-refractivity contribution < 1.29 is 23.8 Å². The van der Waals surface area contributed by atoms with Crippen LogP contribution in [0.15, 0.2) is 36.4 Å². The van der Waals surface area contributed by atoms with Gasteiger partial charge in [0.15, 0.2) is 0 Å². The second kappa shape index (κ2) is 7.36. The zero-order valence-corrected chi connectivity index (χ0v) is 15.2. The van der Waals surface area contributed by atoms with Gasteiger partial charge in [-0.3, -0.25) is 4.79 Å². The molecule has 2 aromatic rings. The molecule has 4 nitrogen and oxygen atoms in total. The molecule has 0 aromatic heterocycles. The highest BCUT2D eigenvalue weighted by Gasteiger charge is 2.43. The van der Waals surface area contributed by atoms with Crippen molar-refractivity contribution in [3.05, 3.63) is 47.8 Å². The summed E-state index contributed by atoms with van der Waals surface area (Å²) in [6, 6.07) is 10.2. The van der Waals surface area contributed by atoms with Gasteiger partial charge in [-0.05, 0) is 68.7 Å². The SMILES string of the molecule is Cc1cc(-c2cc(OC(C)C)ccc2F)ccc1OCC1CC1C(=O)O. The highest BCUT2D eigenvalue weighted by Crippen LogP contribution is 2.39. The van der Waals surface area contributed by atoms with Gasteiger partial charge in [0.2, 0.25) is 0 Å². The lowest BCUT2D eigenvalue weighted by molar-refractivity contribution is -0.138. The maximum atomic E-state index is 14.3. The fourth-order valence-corrected chi connectivity index (χ4v) is 2.98. The smallest absolute Gasteiger partial charge is 0.306 e. The Morgan fingerprint density at radius 2 is 2.04 bits per heavy atom. The van der Waals surface area contributed by atoms with E-state index in [2.05, 4.69) is 0 Å². The number of hydrogen-bond acceptors (Lipinski definition) is 3. The highest BCUT2D eigenvalue weighted by molar-refractivity contribution is 5.73. The van der Waals surface area contributed by atoms with E-state index in [-0.39, 0.29) is 23.8 Å². The van der Waals surface area contributed by atoms with Gasteiger partial charge in [0, 0.05) is 11.5 Å². The largest absolute Gasteiger partial charge is 0.493 e. The summed E-state index contributed by atoms with van der Waals surface area (Å²) in [5, 5.41) is 8.94. The number of hydrogen-bond donors (Lipinski definition) is 1. The minimum atomic E-state index is -0.760. The maximum absolute atomic E-state index is 14.3. The van der Waals surface area contributed by atoms with Gasteiger partial charge in [0.25, 0.3) is 0 Å². The lowest BCUT2D eigenvalue weighted by atomic mass is 10.0. The number of carbonyl (C=O) groups is 1. The van der Waals surface area contributed by atoms with Crippen LogP contribution in [0.5, 0.6) is 11.5 Å². The number of rotatable bonds is 7. The van der Waals surface area contributed by atoms with Crippen molar-refractivity contribution in [2.75, 3.05) is 6.61 Å². The van der Waals surface area contributed by atoms with E-state index in [0.29, 0.717) is 30.1 Å². The molecule has 0 saturated heterocycles. The summed E-state index contributed by atoms with van der Waals surface area (Å²) in [6.07, 6.45) is 0.684. The molecule has 2 aromatic carbocycles. The van der Waals surface area contributed by atoms with Crippen LogP contribution in [0, 0.1) is 24.6 Å². The standard InChI is InChI=1S/C21H23FO4/c1-12(2)26-16-5-6-19(22)17(10-16)14-4-7-20(13(3)8-14)25-11-15-9-18(15)21(23)24/h4-8,10,12,15,18H,9,11H2,1-3H3,(H,23,24). The van der Waals surface area contributed by atoms with Crippen LogP contribution in [0.1, 0.15) is 25.8 Å². The summed E-state index contributed by atoms with van der Waals surface area (Å²) in [7, 11) is 0. The molecule has 0 spiro atoms. The molecular weight excluding hydrogens is 335 g/mol. The lowest BCUT2D eigenvalue weighted by Crippen LogP contribution is -2.07. The first-order chi connectivity index (χ1) is 12.3. The summed E-state index contributed by atoms with van der Waals surface area (Å²) < 4.78 is 25.7. The number of halogens is 1. The minimum absolute atomic E-state index is 0.0166. The van der Waals surface area contributed by atoms with Crippen LogP contribution < -0.4 is 9.47 Å². The Hall–Kier alpha value is -2.56. The third-order valence-corrected chi connectivity index (χ3v) is 4.49. The van der Waals surface area contributed by atoms with Crippen molar-refractivity contribution in [3.63, 3.8) is 0 Å². The van der Waals surface area contributed by atoms with Crippen LogP contribution in [-0.4, -0.2) is 23.8 Å². The van der Waals surface area contributed by atoms with Gasteiger partial charge in [-0.1, -0.05) is 6.07 Å².